The number of halogens is 1. The molecule has 9 nitrogen and oxygen atoms in total. The van der Waals surface area contributed by atoms with Crippen LogP contribution < -0.4 is 5.73 Å². The SMILES string of the molecule is CCOC(=O)c1cnn(-c2ncnc3c2cnn3-c2ccc(F)cc2)c1N. The van der Waals surface area contributed by atoms with Crippen molar-refractivity contribution in [2.75, 3.05) is 12.3 Å². The average Bonchev–Trinajstić information content (AvgIpc) is 3.26. The number of anilines is 1. The Labute approximate surface area is 152 Å². The Bertz CT molecular complexity index is 1130. The third-order valence-corrected chi connectivity index (χ3v) is 3.92. The maximum absolute atomic E-state index is 13.2. The lowest BCUT2D eigenvalue weighted by Crippen LogP contribution is -2.10. The summed E-state index contributed by atoms with van der Waals surface area (Å²) in [6, 6.07) is 5.85. The summed E-state index contributed by atoms with van der Waals surface area (Å²) >= 11 is 0. The van der Waals surface area contributed by atoms with Gasteiger partial charge < -0.3 is 10.5 Å². The molecule has 0 atom stereocenters. The minimum absolute atomic E-state index is 0.1000. The Hall–Kier alpha value is -3.82. The molecule has 0 spiro atoms. The average molecular weight is 367 g/mol. The number of ether oxygens (including phenoxy) is 1. The van der Waals surface area contributed by atoms with Crippen molar-refractivity contribution in [1.29, 1.82) is 0 Å². The summed E-state index contributed by atoms with van der Waals surface area (Å²) in [5.74, 6) is -0.445. The molecule has 2 N–H and O–H groups in total. The number of nitrogen functional groups attached to an aromatic ring is 1. The Morgan fingerprint density at radius 2 is 1.89 bits per heavy atom. The highest BCUT2D eigenvalue weighted by Gasteiger charge is 2.20. The molecule has 1 aromatic carbocycles. The highest BCUT2D eigenvalue weighted by atomic mass is 19.1. The monoisotopic (exact) mass is 367 g/mol. The number of carbonyl (C=O) groups excluding carboxylic acids is 1. The van der Waals surface area contributed by atoms with Gasteiger partial charge in [-0.2, -0.15) is 14.9 Å². The first-order chi connectivity index (χ1) is 13.1. The number of rotatable bonds is 4. The third-order valence-electron chi connectivity index (χ3n) is 3.92. The van der Waals surface area contributed by atoms with Gasteiger partial charge in [-0.1, -0.05) is 0 Å². The van der Waals surface area contributed by atoms with Crippen LogP contribution in [0.5, 0.6) is 0 Å². The zero-order valence-corrected chi connectivity index (χ0v) is 14.2. The summed E-state index contributed by atoms with van der Waals surface area (Å²) in [6.07, 6.45) is 4.22. The van der Waals surface area contributed by atoms with E-state index in [-0.39, 0.29) is 23.8 Å². The molecule has 0 radical (unpaired) electrons. The van der Waals surface area contributed by atoms with Gasteiger partial charge >= 0.3 is 5.97 Å². The van der Waals surface area contributed by atoms with E-state index in [1.807, 2.05) is 0 Å². The smallest absolute Gasteiger partial charge is 0.343 e. The molecule has 136 valence electrons. The highest BCUT2D eigenvalue weighted by Crippen LogP contribution is 2.24. The van der Waals surface area contributed by atoms with Gasteiger partial charge in [0.2, 0.25) is 0 Å². The van der Waals surface area contributed by atoms with Gasteiger partial charge in [0.1, 0.15) is 23.5 Å². The number of aromatic nitrogens is 6. The molecule has 0 aliphatic carbocycles. The van der Waals surface area contributed by atoms with Crippen molar-refractivity contribution >= 4 is 22.8 Å². The van der Waals surface area contributed by atoms with E-state index in [2.05, 4.69) is 20.2 Å². The summed E-state index contributed by atoms with van der Waals surface area (Å²) in [5.41, 5.74) is 7.33. The number of esters is 1. The Morgan fingerprint density at radius 3 is 2.63 bits per heavy atom. The lowest BCUT2D eigenvalue weighted by Gasteiger charge is -2.06. The fourth-order valence-electron chi connectivity index (χ4n) is 2.66. The molecule has 4 aromatic rings. The molecule has 4 rings (SSSR count). The highest BCUT2D eigenvalue weighted by molar-refractivity contribution is 5.95. The molecule has 0 bridgehead atoms. The summed E-state index contributed by atoms with van der Waals surface area (Å²) in [5, 5.41) is 9.01. The van der Waals surface area contributed by atoms with Crippen LogP contribution in [0.25, 0.3) is 22.5 Å². The normalized spacial score (nSPS) is 11.0. The zero-order chi connectivity index (χ0) is 19.0. The second-order valence-corrected chi connectivity index (χ2v) is 5.54. The van der Waals surface area contributed by atoms with Gasteiger partial charge in [0.25, 0.3) is 0 Å². The van der Waals surface area contributed by atoms with E-state index >= 15 is 0 Å². The van der Waals surface area contributed by atoms with Crippen molar-refractivity contribution in [3.8, 4) is 11.5 Å². The van der Waals surface area contributed by atoms with Crippen LogP contribution in [-0.2, 0) is 4.74 Å². The minimum Gasteiger partial charge on any atom is -0.462 e. The van der Waals surface area contributed by atoms with E-state index in [0.29, 0.717) is 22.5 Å². The summed E-state index contributed by atoms with van der Waals surface area (Å²) in [7, 11) is 0. The molecule has 0 fully saturated rings. The molecule has 0 unspecified atom stereocenters. The first kappa shape index (κ1) is 16.6. The fourth-order valence-corrected chi connectivity index (χ4v) is 2.66. The molecule has 10 heteroatoms. The maximum atomic E-state index is 13.2. The summed E-state index contributed by atoms with van der Waals surface area (Å²) in [4.78, 5) is 20.4. The van der Waals surface area contributed by atoms with Crippen molar-refractivity contribution in [2.45, 2.75) is 6.92 Å². The van der Waals surface area contributed by atoms with E-state index in [4.69, 9.17) is 10.5 Å². The number of hydrogen-bond acceptors (Lipinski definition) is 7. The molecule has 0 amide bonds. The van der Waals surface area contributed by atoms with E-state index in [1.165, 1.54) is 29.3 Å². The van der Waals surface area contributed by atoms with Crippen molar-refractivity contribution in [3.63, 3.8) is 0 Å². The van der Waals surface area contributed by atoms with Crippen LogP contribution >= 0.6 is 0 Å². The molecular weight excluding hydrogens is 353 g/mol. The molecule has 0 aliphatic heterocycles. The lowest BCUT2D eigenvalue weighted by atomic mass is 10.3. The van der Waals surface area contributed by atoms with Crippen LogP contribution in [0.2, 0.25) is 0 Å². The Balaban J connectivity index is 1.83. The molecule has 0 saturated heterocycles. The van der Waals surface area contributed by atoms with Gasteiger partial charge in [-0.3, -0.25) is 0 Å². The lowest BCUT2D eigenvalue weighted by molar-refractivity contribution is 0.0527. The molecule has 3 aromatic heterocycles. The molecular formula is C17H14FN7O2. The second-order valence-electron chi connectivity index (χ2n) is 5.54. The van der Waals surface area contributed by atoms with Gasteiger partial charge in [-0.05, 0) is 31.2 Å². The molecule has 0 saturated carbocycles. The van der Waals surface area contributed by atoms with Crippen molar-refractivity contribution in [3.05, 3.63) is 54.4 Å². The van der Waals surface area contributed by atoms with Gasteiger partial charge in [0.05, 0.1) is 30.1 Å². The van der Waals surface area contributed by atoms with Crippen molar-refractivity contribution < 1.29 is 13.9 Å². The van der Waals surface area contributed by atoms with Crippen LogP contribution in [0.3, 0.4) is 0 Å². The number of nitrogens with zero attached hydrogens (tertiary/aromatic N) is 6. The predicted molar refractivity (Wildman–Crippen MR) is 94.1 cm³/mol. The number of fused-ring (bicyclic) bond motifs is 1. The van der Waals surface area contributed by atoms with Gasteiger partial charge in [0, 0.05) is 0 Å². The van der Waals surface area contributed by atoms with Crippen LogP contribution in [-0.4, -0.2) is 42.1 Å². The topological polar surface area (TPSA) is 114 Å². The van der Waals surface area contributed by atoms with Crippen molar-refractivity contribution in [1.82, 2.24) is 29.5 Å². The summed E-state index contributed by atoms with van der Waals surface area (Å²) in [6.45, 7) is 1.93. The first-order valence-corrected chi connectivity index (χ1v) is 8.05. The van der Waals surface area contributed by atoms with Crippen molar-refractivity contribution in [2.24, 2.45) is 0 Å². The van der Waals surface area contributed by atoms with E-state index in [9.17, 15) is 9.18 Å². The van der Waals surface area contributed by atoms with Gasteiger partial charge in [0.15, 0.2) is 11.5 Å². The number of hydrogen-bond donors (Lipinski definition) is 1. The van der Waals surface area contributed by atoms with E-state index in [1.54, 1.807) is 29.9 Å². The first-order valence-electron chi connectivity index (χ1n) is 8.05. The van der Waals surface area contributed by atoms with Gasteiger partial charge in [-0.15, -0.1) is 0 Å². The van der Waals surface area contributed by atoms with E-state index in [0.717, 1.165) is 0 Å². The van der Waals surface area contributed by atoms with Crippen LogP contribution in [0.1, 0.15) is 17.3 Å². The number of nitrogens with two attached hydrogens (primary N) is 1. The Kier molecular flexibility index (Phi) is 3.99. The maximum Gasteiger partial charge on any atom is 0.343 e. The van der Waals surface area contributed by atoms with Gasteiger partial charge in [-0.25, -0.2) is 23.8 Å². The molecule has 3 heterocycles. The Morgan fingerprint density at radius 1 is 1.15 bits per heavy atom. The fraction of sp³-hybridized carbons (Fsp3) is 0.118. The third kappa shape index (κ3) is 2.76. The molecule has 27 heavy (non-hydrogen) atoms. The van der Waals surface area contributed by atoms with Crippen LogP contribution in [0.15, 0.2) is 43.0 Å². The zero-order valence-electron chi connectivity index (χ0n) is 14.2. The summed E-state index contributed by atoms with van der Waals surface area (Å²) < 4.78 is 21.0. The standard InChI is InChI=1S/C17H14FN7O2/c1-2-27-17(26)12-7-23-25(14(12)19)16-13-8-22-24(15(13)20-9-21-16)11-5-3-10(18)4-6-11/h3-9H,2,19H2,1H3. The minimum atomic E-state index is -0.562. The predicted octanol–water partition coefficient (Wildman–Crippen LogP) is 1.90. The quantitative estimate of drug-likeness (QED) is 0.548. The van der Waals surface area contributed by atoms with Crippen LogP contribution in [0, 0.1) is 5.82 Å². The van der Waals surface area contributed by atoms with Crippen LogP contribution in [0.4, 0.5) is 10.2 Å². The largest absolute Gasteiger partial charge is 0.462 e. The second kappa shape index (κ2) is 6.48. The number of carbonyl (C=O) groups is 1. The van der Waals surface area contributed by atoms with E-state index < -0.39 is 5.97 Å². The molecule has 0 aliphatic rings. The number of benzene rings is 1.